The van der Waals surface area contributed by atoms with Crippen molar-refractivity contribution in [1.29, 1.82) is 0 Å². The number of rotatable bonds is 8. The van der Waals surface area contributed by atoms with Crippen LogP contribution in [0.25, 0.3) is 0 Å². The van der Waals surface area contributed by atoms with E-state index in [1.54, 1.807) is 0 Å². The van der Waals surface area contributed by atoms with Crippen LogP contribution in [0.15, 0.2) is 18.2 Å². The lowest BCUT2D eigenvalue weighted by atomic mass is 9.99. The number of benzene rings is 1. The highest BCUT2D eigenvalue weighted by atomic mass is 15.1. The molecule has 1 atom stereocenters. The van der Waals surface area contributed by atoms with Crippen molar-refractivity contribution in [2.24, 2.45) is 5.92 Å². The van der Waals surface area contributed by atoms with E-state index in [-0.39, 0.29) is 0 Å². The molecule has 1 aliphatic heterocycles. The first-order chi connectivity index (χ1) is 9.74. The van der Waals surface area contributed by atoms with Gasteiger partial charge >= 0.3 is 0 Å². The number of unbranched alkanes of at least 4 members (excludes halogenated alkanes) is 1. The molecule has 2 heteroatoms. The van der Waals surface area contributed by atoms with Gasteiger partial charge in [-0.2, -0.15) is 0 Å². The Labute approximate surface area is 124 Å². The summed E-state index contributed by atoms with van der Waals surface area (Å²) in [6.45, 7) is 7.93. The van der Waals surface area contributed by atoms with E-state index in [2.05, 4.69) is 49.3 Å². The number of nitrogens with one attached hydrogen (secondary N) is 1. The SMILES string of the molecule is CCCCC(CC)CNCc1ccc2c(c1)CCN2C. The van der Waals surface area contributed by atoms with Gasteiger partial charge in [-0.3, -0.25) is 0 Å². The van der Waals surface area contributed by atoms with Gasteiger partial charge in [-0.25, -0.2) is 0 Å². The molecule has 0 saturated carbocycles. The van der Waals surface area contributed by atoms with Crippen molar-refractivity contribution in [1.82, 2.24) is 5.32 Å². The molecule has 0 spiro atoms. The van der Waals surface area contributed by atoms with Crippen molar-refractivity contribution < 1.29 is 0 Å². The smallest absolute Gasteiger partial charge is 0.0397 e. The Hall–Kier alpha value is -1.02. The van der Waals surface area contributed by atoms with Crippen LogP contribution in [-0.2, 0) is 13.0 Å². The molecule has 1 unspecified atom stereocenters. The predicted octanol–water partition coefficient (Wildman–Crippen LogP) is 3.98. The number of fused-ring (bicyclic) bond motifs is 1. The quantitative estimate of drug-likeness (QED) is 0.771. The lowest BCUT2D eigenvalue weighted by Crippen LogP contribution is -2.22. The molecule has 0 aromatic heterocycles. The van der Waals surface area contributed by atoms with E-state index in [1.165, 1.54) is 55.5 Å². The van der Waals surface area contributed by atoms with Crippen LogP contribution in [0.2, 0.25) is 0 Å². The Morgan fingerprint density at radius 2 is 2.15 bits per heavy atom. The van der Waals surface area contributed by atoms with E-state index in [0.717, 1.165) is 19.0 Å². The summed E-state index contributed by atoms with van der Waals surface area (Å²) in [6, 6.07) is 6.95. The minimum Gasteiger partial charge on any atom is -0.374 e. The molecule has 1 aliphatic rings. The zero-order chi connectivity index (χ0) is 14.4. The van der Waals surface area contributed by atoms with Gasteiger partial charge in [0.1, 0.15) is 0 Å². The predicted molar refractivity (Wildman–Crippen MR) is 88.4 cm³/mol. The molecule has 0 bridgehead atoms. The Bertz CT molecular complexity index is 414. The van der Waals surface area contributed by atoms with Gasteiger partial charge in [-0.15, -0.1) is 0 Å². The Morgan fingerprint density at radius 3 is 2.90 bits per heavy atom. The fourth-order valence-corrected chi connectivity index (χ4v) is 3.09. The summed E-state index contributed by atoms with van der Waals surface area (Å²) in [5.74, 6) is 0.843. The molecule has 112 valence electrons. The van der Waals surface area contributed by atoms with Crippen molar-refractivity contribution in [2.75, 3.05) is 25.0 Å². The van der Waals surface area contributed by atoms with Gasteiger partial charge in [0.25, 0.3) is 0 Å². The van der Waals surface area contributed by atoms with Crippen LogP contribution in [0.1, 0.15) is 50.7 Å². The van der Waals surface area contributed by atoms with E-state index in [1.807, 2.05) is 0 Å². The Morgan fingerprint density at radius 1 is 1.30 bits per heavy atom. The largest absolute Gasteiger partial charge is 0.374 e. The van der Waals surface area contributed by atoms with Gasteiger partial charge in [0.15, 0.2) is 0 Å². The molecule has 0 aliphatic carbocycles. The molecule has 1 aromatic rings. The topological polar surface area (TPSA) is 15.3 Å². The minimum atomic E-state index is 0.843. The second-order valence-electron chi connectivity index (χ2n) is 6.18. The van der Waals surface area contributed by atoms with Crippen LogP contribution < -0.4 is 10.2 Å². The third kappa shape index (κ3) is 3.99. The summed E-state index contributed by atoms with van der Waals surface area (Å²) < 4.78 is 0. The second-order valence-corrected chi connectivity index (χ2v) is 6.18. The van der Waals surface area contributed by atoms with Gasteiger partial charge < -0.3 is 10.2 Å². The second kappa shape index (κ2) is 7.68. The van der Waals surface area contributed by atoms with Crippen LogP contribution in [-0.4, -0.2) is 20.1 Å². The molecule has 0 saturated heterocycles. The first kappa shape index (κ1) is 15.4. The highest BCUT2D eigenvalue weighted by Crippen LogP contribution is 2.27. The fourth-order valence-electron chi connectivity index (χ4n) is 3.09. The maximum Gasteiger partial charge on any atom is 0.0397 e. The molecule has 20 heavy (non-hydrogen) atoms. The lowest BCUT2D eigenvalue weighted by Gasteiger charge is -2.16. The summed E-state index contributed by atoms with van der Waals surface area (Å²) in [4.78, 5) is 2.35. The third-order valence-electron chi connectivity index (χ3n) is 4.58. The van der Waals surface area contributed by atoms with Crippen LogP contribution in [0.3, 0.4) is 0 Å². The van der Waals surface area contributed by atoms with E-state index in [9.17, 15) is 0 Å². The fraction of sp³-hybridized carbons (Fsp3) is 0.667. The molecule has 0 fully saturated rings. The van der Waals surface area contributed by atoms with Crippen molar-refractivity contribution in [2.45, 2.75) is 52.5 Å². The summed E-state index contributed by atoms with van der Waals surface area (Å²) in [6.07, 6.45) is 6.55. The molecule has 1 heterocycles. The first-order valence-electron chi connectivity index (χ1n) is 8.28. The standard InChI is InChI=1S/C18H30N2/c1-4-6-7-15(5-2)13-19-14-16-8-9-18-17(12-16)10-11-20(18)3/h8-9,12,15,19H,4-7,10-11,13-14H2,1-3H3. The summed E-state index contributed by atoms with van der Waals surface area (Å²) in [5.41, 5.74) is 4.37. The molecule has 0 amide bonds. The number of anilines is 1. The van der Waals surface area contributed by atoms with Gasteiger partial charge in [-0.1, -0.05) is 45.2 Å². The zero-order valence-corrected chi connectivity index (χ0v) is 13.4. The zero-order valence-electron chi connectivity index (χ0n) is 13.4. The molecule has 2 nitrogen and oxygen atoms in total. The lowest BCUT2D eigenvalue weighted by molar-refractivity contribution is 0.419. The van der Waals surface area contributed by atoms with Crippen molar-refractivity contribution >= 4 is 5.69 Å². The Kier molecular flexibility index (Phi) is 5.90. The summed E-state index contributed by atoms with van der Waals surface area (Å²) in [5, 5.41) is 3.65. The van der Waals surface area contributed by atoms with E-state index < -0.39 is 0 Å². The number of nitrogens with zero attached hydrogens (tertiary/aromatic N) is 1. The maximum absolute atomic E-state index is 3.65. The van der Waals surface area contributed by atoms with Crippen LogP contribution in [0.5, 0.6) is 0 Å². The normalized spacial score (nSPS) is 15.4. The van der Waals surface area contributed by atoms with Crippen molar-refractivity contribution in [3.05, 3.63) is 29.3 Å². The maximum atomic E-state index is 3.65. The van der Waals surface area contributed by atoms with Gasteiger partial charge in [0.2, 0.25) is 0 Å². The van der Waals surface area contributed by atoms with Gasteiger partial charge in [0, 0.05) is 25.8 Å². The van der Waals surface area contributed by atoms with E-state index >= 15 is 0 Å². The number of hydrogen-bond acceptors (Lipinski definition) is 2. The average molecular weight is 274 g/mol. The van der Waals surface area contributed by atoms with E-state index in [4.69, 9.17) is 0 Å². The first-order valence-corrected chi connectivity index (χ1v) is 8.28. The summed E-state index contributed by atoms with van der Waals surface area (Å²) >= 11 is 0. The number of hydrogen-bond donors (Lipinski definition) is 1. The number of likely N-dealkylation sites (N-methyl/N-ethyl adjacent to an activating group) is 1. The van der Waals surface area contributed by atoms with Crippen LogP contribution >= 0.6 is 0 Å². The third-order valence-corrected chi connectivity index (χ3v) is 4.58. The highest BCUT2D eigenvalue weighted by molar-refractivity contribution is 5.58. The summed E-state index contributed by atoms with van der Waals surface area (Å²) in [7, 11) is 2.18. The molecule has 0 radical (unpaired) electrons. The monoisotopic (exact) mass is 274 g/mol. The van der Waals surface area contributed by atoms with Crippen LogP contribution in [0.4, 0.5) is 5.69 Å². The van der Waals surface area contributed by atoms with E-state index in [0.29, 0.717) is 0 Å². The van der Waals surface area contributed by atoms with Gasteiger partial charge in [0.05, 0.1) is 0 Å². The molecule has 2 rings (SSSR count). The minimum absolute atomic E-state index is 0.843. The molecule has 1 N–H and O–H groups in total. The Balaban J connectivity index is 1.79. The van der Waals surface area contributed by atoms with Gasteiger partial charge in [-0.05, 0) is 42.5 Å². The highest BCUT2D eigenvalue weighted by Gasteiger charge is 2.15. The molecular weight excluding hydrogens is 244 g/mol. The van der Waals surface area contributed by atoms with Crippen molar-refractivity contribution in [3.8, 4) is 0 Å². The molecular formula is C18H30N2. The average Bonchev–Trinajstić information content (AvgIpc) is 2.83. The van der Waals surface area contributed by atoms with Crippen LogP contribution in [0, 0.1) is 5.92 Å². The molecule has 1 aromatic carbocycles. The van der Waals surface area contributed by atoms with Crippen molar-refractivity contribution in [3.63, 3.8) is 0 Å².